The topological polar surface area (TPSA) is 276 Å². The summed E-state index contributed by atoms with van der Waals surface area (Å²) in [5.74, 6) is 0. The van der Waals surface area contributed by atoms with E-state index in [9.17, 15) is 23.0 Å². The number of phosphoric acid groups is 3. The van der Waals surface area contributed by atoms with Gasteiger partial charge in [0.05, 0.1) is 12.7 Å². The molecule has 0 aromatic heterocycles. The molecule has 0 amide bonds. The molecule has 23 heteroatoms. The van der Waals surface area contributed by atoms with E-state index in [1.165, 1.54) is 0 Å². The number of rotatable bonds is 11. The van der Waals surface area contributed by atoms with Gasteiger partial charge in [0.25, 0.3) is 0 Å². The molecule has 2 unspecified atom stereocenters. The molecule has 1 fully saturated rings. The largest absolute Gasteiger partial charge is 0.490 e. The molecule has 0 aliphatic carbocycles. The maximum atomic E-state index is 14.1. The van der Waals surface area contributed by atoms with Crippen LogP contribution in [0, 0.1) is 0 Å². The third kappa shape index (κ3) is 9.53. The van der Waals surface area contributed by atoms with Crippen LogP contribution in [0.1, 0.15) is 6.42 Å². The number of alkyl halides is 1. The highest BCUT2D eigenvalue weighted by Gasteiger charge is 2.44. The van der Waals surface area contributed by atoms with Crippen molar-refractivity contribution >= 4 is 31.3 Å². The Hall–Kier alpha value is -1.06. The lowest BCUT2D eigenvalue weighted by Gasteiger charge is -2.24. The Bertz CT molecular complexity index is 826. The summed E-state index contributed by atoms with van der Waals surface area (Å²) in [5.41, 5.74) is 16.6. The molecule has 162 valence electrons. The third-order valence-corrected chi connectivity index (χ3v) is 6.49. The number of hydrogen-bond acceptors (Lipinski definition) is 10. The van der Waals surface area contributed by atoms with Crippen molar-refractivity contribution in [3.05, 3.63) is 20.9 Å². The fourth-order valence-electron chi connectivity index (χ4n) is 1.86. The summed E-state index contributed by atoms with van der Waals surface area (Å²) in [5, 5.41) is 5.01. The first-order valence-corrected chi connectivity index (χ1v) is 11.3. The van der Waals surface area contributed by atoms with Gasteiger partial charge in [-0.2, -0.15) is 13.0 Å². The first-order chi connectivity index (χ1) is 13.1. The molecule has 1 heterocycles. The van der Waals surface area contributed by atoms with E-state index in [1.807, 2.05) is 0 Å². The van der Waals surface area contributed by atoms with Crippen LogP contribution in [0.15, 0.2) is 10.2 Å². The average Bonchev–Trinajstić information content (AvgIpc) is 2.81. The SMILES string of the molecule is [B][C@H]1C[C@@H](OC(F)(N=[N+]=[N-])N=[N+]=[N-])[C@@H](COP(=O)(O)OP(=O)(O)OP(=O)(O)O)O1. The van der Waals surface area contributed by atoms with E-state index in [1.54, 1.807) is 0 Å². The van der Waals surface area contributed by atoms with Crippen molar-refractivity contribution in [3.63, 3.8) is 0 Å². The highest BCUT2D eigenvalue weighted by molar-refractivity contribution is 7.66. The molecule has 0 bridgehead atoms. The van der Waals surface area contributed by atoms with Gasteiger partial charge in [0.15, 0.2) is 0 Å². The second-order valence-electron chi connectivity index (χ2n) is 4.90. The van der Waals surface area contributed by atoms with E-state index < -0.39 is 54.4 Å². The van der Waals surface area contributed by atoms with Gasteiger partial charge in [-0.05, 0) is 27.7 Å². The van der Waals surface area contributed by atoms with Crippen molar-refractivity contribution in [2.45, 2.75) is 30.7 Å². The Morgan fingerprint density at radius 1 is 1.14 bits per heavy atom. The van der Waals surface area contributed by atoms with Crippen molar-refractivity contribution in [3.8, 4) is 0 Å². The summed E-state index contributed by atoms with van der Waals surface area (Å²) in [6.45, 7) is -1.02. The fraction of sp³-hybridized carbons (Fsp3) is 1.00. The van der Waals surface area contributed by atoms with Crippen LogP contribution in [0.25, 0.3) is 20.9 Å². The van der Waals surface area contributed by atoms with Crippen LogP contribution in [0.2, 0.25) is 0 Å². The third-order valence-electron chi connectivity index (χ3n) is 2.68. The highest BCUT2D eigenvalue weighted by atomic mass is 31.3. The lowest BCUT2D eigenvalue weighted by Crippen LogP contribution is -2.35. The minimum absolute atomic E-state index is 0.308. The van der Waals surface area contributed by atoms with Gasteiger partial charge in [-0.3, -0.25) is 4.52 Å². The first kappa shape index (κ1) is 26.0. The van der Waals surface area contributed by atoms with Crippen molar-refractivity contribution < 1.29 is 60.3 Å². The van der Waals surface area contributed by atoms with Gasteiger partial charge in [0.1, 0.15) is 14.0 Å². The minimum atomic E-state index is -5.74. The maximum absolute atomic E-state index is 14.1. The zero-order valence-electron chi connectivity index (χ0n) is 13.7. The second-order valence-corrected chi connectivity index (χ2v) is 9.32. The van der Waals surface area contributed by atoms with Crippen molar-refractivity contribution in [1.82, 2.24) is 0 Å². The van der Waals surface area contributed by atoms with Crippen LogP contribution in [-0.2, 0) is 36.3 Å². The molecule has 4 N–H and O–H groups in total. The van der Waals surface area contributed by atoms with Crippen molar-refractivity contribution in [2.75, 3.05) is 6.61 Å². The molecule has 18 nitrogen and oxygen atoms in total. The molecule has 0 spiro atoms. The summed E-state index contributed by atoms with van der Waals surface area (Å²) >= 11 is 0. The number of ether oxygens (including phenoxy) is 2. The van der Waals surface area contributed by atoms with Gasteiger partial charge in [-0.1, -0.05) is 0 Å². The molecule has 1 aliphatic rings. The Kier molecular flexibility index (Phi) is 8.81. The molecule has 1 aliphatic heterocycles. The standard InChI is InChI=1S/C6H11BFN6O12P3/c7-5-1-3(24-6(8,11-13-9)12-14-10)4(23-5)2-22-28(18,19)26-29(20,21)25-27(15,16)17/h3-5H,1-2H2,(H,18,19)(H,20,21)(H2,15,16,17)/t3-,4-,5-/m1/s1. The van der Waals surface area contributed by atoms with Gasteiger partial charge in [0.2, 0.25) is 0 Å². The Labute approximate surface area is 161 Å². The van der Waals surface area contributed by atoms with Gasteiger partial charge in [-0.15, -0.1) is 0 Å². The average molecular weight is 482 g/mol. The van der Waals surface area contributed by atoms with Crippen LogP contribution in [0.3, 0.4) is 0 Å². The number of halogens is 1. The summed E-state index contributed by atoms with van der Waals surface area (Å²) < 4.78 is 68.5. The Morgan fingerprint density at radius 2 is 1.69 bits per heavy atom. The van der Waals surface area contributed by atoms with Crippen molar-refractivity contribution in [2.24, 2.45) is 10.2 Å². The van der Waals surface area contributed by atoms with Crippen molar-refractivity contribution in [1.29, 1.82) is 0 Å². The van der Waals surface area contributed by atoms with Gasteiger partial charge < -0.3 is 29.0 Å². The molecule has 0 aromatic rings. The first-order valence-electron chi connectivity index (χ1n) is 6.79. The Balaban J connectivity index is 2.83. The summed E-state index contributed by atoms with van der Waals surface area (Å²) in [4.78, 5) is 39.4. The van der Waals surface area contributed by atoms with Crippen LogP contribution in [0.5, 0.6) is 0 Å². The zero-order valence-corrected chi connectivity index (χ0v) is 16.4. The lowest BCUT2D eigenvalue weighted by molar-refractivity contribution is -0.184. The van der Waals surface area contributed by atoms with Crippen LogP contribution in [0.4, 0.5) is 4.39 Å². The molecule has 0 aromatic carbocycles. The van der Waals surface area contributed by atoms with Gasteiger partial charge in [0, 0.05) is 15.8 Å². The molecule has 2 radical (unpaired) electrons. The van der Waals surface area contributed by atoms with E-state index in [2.05, 4.69) is 37.9 Å². The lowest BCUT2D eigenvalue weighted by atomic mass is 9.96. The predicted octanol–water partition coefficient (Wildman–Crippen LogP) is 1.20. The van der Waals surface area contributed by atoms with Crippen LogP contribution in [-0.4, -0.2) is 58.3 Å². The molecule has 5 atom stereocenters. The number of nitrogens with zero attached hydrogens (tertiary/aromatic N) is 6. The monoisotopic (exact) mass is 482 g/mol. The summed E-state index contributed by atoms with van der Waals surface area (Å²) in [7, 11) is -11.4. The molecule has 29 heavy (non-hydrogen) atoms. The van der Waals surface area contributed by atoms with E-state index >= 15 is 0 Å². The van der Waals surface area contributed by atoms with E-state index in [0.29, 0.717) is 0 Å². The zero-order chi connectivity index (χ0) is 22.5. The van der Waals surface area contributed by atoms with Crippen LogP contribution >= 0.6 is 23.5 Å². The quantitative estimate of drug-likeness (QED) is 0.0807. The molecule has 1 saturated heterocycles. The maximum Gasteiger partial charge on any atom is 0.490 e. The Morgan fingerprint density at radius 3 is 2.17 bits per heavy atom. The number of phosphoric ester groups is 1. The van der Waals surface area contributed by atoms with Gasteiger partial charge in [-0.25, -0.2) is 13.7 Å². The second kappa shape index (κ2) is 9.83. The van der Waals surface area contributed by atoms with E-state index in [-0.39, 0.29) is 6.42 Å². The minimum Gasteiger partial charge on any atom is -0.380 e. The summed E-state index contributed by atoms with van der Waals surface area (Å²) in [6, 6.07) is -1.14. The fourth-order valence-corrected chi connectivity index (χ4v) is 4.89. The summed E-state index contributed by atoms with van der Waals surface area (Å²) in [6.07, 6.45) is -6.80. The molecule has 1 rings (SSSR count). The smallest absolute Gasteiger partial charge is 0.380 e. The highest BCUT2D eigenvalue weighted by Crippen LogP contribution is 2.66. The predicted molar refractivity (Wildman–Crippen MR) is 85.9 cm³/mol. The number of hydrogen-bond donors (Lipinski definition) is 4. The molecular formula is C6H11BFN6O12P3. The normalized spacial score (nSPS) is 28.2. The van der Waals surface area contributed by atoms with Gasteiger partial charge >= 0.3 is 29.6 Å². The van der Waals surface area contributed by atoms with E-state index in [0.717, 1.165) is 0 Å². The van der Waals surface area contributed by atoms with E-state index in [4.69, 9.17) is 38.3 Å². The molecular weight excluding hydrogens is 471 g/mol. The number of azide groups is 1. The molecule has 0 saturated carbocycles. The van der Waals surface area contributed by atoms with Crippen LogP contribution < -0.4 is 0 Å².